The van der Waals surface area contributed by atoms with E-state index in [1.54, 1.807) is 6.92 Å². The van der Waals surface area contributed by atoms with Crippen LogP contribution in [0.1, 0.15) is 30.2 Å². The van der Waals surface area contributed by atoms with Crippen molar-refractivity contribution in [2.45, 2.75) is 32.1 Å². The lowest BCUT2D eigenvalue weighted by Crippen LogP contribution is -2.27. The summed E-state index contributed by atoms with van der Waals surface area (Å²) in [5, 5.41) is 3.03. The molecule has 0 saturated carbocycles. The number of alkyl halides is 3. The van der Waals surface area contributed by atoms with Crippen LogP contribution < -0.4 is 5.32 Å². The molecule has 2 heterocycles. The third-order valence-electron chi connectivity index (χ3n) is 3.03. The van der Waals surface area contributed by atoms with E-state index < -0.39 is 12.0 Å². The second-order valence-electron chi connectivity index (χ2n) is 4.43. The number of aromatic nitrogens is 2. The molecule has 1 aliphatic rings. The maximum atomic E-state index is 13.0. The fourth-order valence-corrected chi connectivity index (χ4v) is 2.32. The Labute approximate surface area is 103 Å². The summed E-state index contributed by atoms with van der Waals surface area (Å²) in [6.45, 7) is 3.02. The molecule has 4 nitrogen and oxygen atoms in total. The molecule has 0 amide bonds. The highest BCUT2D eigenvalue weighted by atomic mass is 19.4. The average molecular weight is 263 g/mol. The average Bonchev–Trinajstić information content (AvgIpc) is 2.68. The van der Waals surface area contributed by atoms with Gasteiger partial charge in [0.2, 0.25) is 5.82 Å². The van der Waals surface area contributed by atoms with Crippen LogP contribution in [-0.4, -0.2) is 29.8 Å². The molecule has 0 bridgehead atoms. The lowest BCUT2D eigenvalue weighted by Gasteiger charge is -2.21. The molecule has 102 valence electrons. The Morgan fingerprint density at radius 2 is 2.22 bits per heavy atom. The zero-order chi connectivity index (χ0) is 13.3. The summed E-state index contributed by atoms with van der Waals surface area (Å²) in [4.78, 5) is 3.75. The van der Waals surface area contributed by atoms with E-state index in [2.05, 4.69) is 10.3 Å². The summed E-state index contributed by atoms with van der Waals surface area (Å²) < 4.78 is 45.2. The van der Waals surface area contributed by atoms with Gasteiger partial charge >= 0.3 is 6.18 Å². The van der Waals surface area contributed by atoms with E-state index in [-0.39, 0.29) is 12.6 Å². The van der Waals surface area contributed by atoms with Crippen molar-refractivity contribution in [3.05, 3.63) is 17.2 Å². The van der Waals surface area contributed by atoms with Gasteiger partial charge in [0, 0.05) is 32.3 Å². The second kappa shape index (κ2) is 4.89. The highest BCUT2D eigenvalue weighted by Gasteiger charge is 2.40. The molecule has 18 heavy (non-hydrogen) atoms. The summed E-state index contributed by atoms with van der Waals surface area (Å²) in [6, 6.07) is -0.374. The molecule has 0 spiro atoms. The predicted molar refractivity (Wildman–Crippen MR) is 59.2 cm³/mol. The summed E-state index contributed by atoms with van der Waals surface area (Å²) in [5.41, 5.74) is 1.17. The van der Waals surface area contributed by atoms with Gasteiger partial charge in [-0.3, -0.25) is 0 Å². The van der Waals surface area contributed by atoms with E-state index in [0.717, 1.165) is 0 Å². The van der Waals surface area contributed by atoms with Crippen molar-refractivity contribution >= 4 is 0 Å². The molecule has 0 aliphatic carbocycles. The van der Waals surface area contributed by atoms with E-state index in [9.17, 15) is 13.2 Å². The third kappa shape index (κ3) is 2.37. The van der Waals surface area contributed by atoms with Crippen LogP contribution in [0.25, 0.3) is 0 Å². The molecule has 7 heteroatoms. The van der Waals surface area contributed by atoms with Gasteiger partial charge in [0.1, 0.15) is 0 Å². The van der Waals surface area contributed by atoms with Gasteiger partial charge in [0.05, 0.1) is 18.3 Å². The van der Waals surface area contributed by atoms with Crippen LogP contribution in [0.3, 0.4) is 0 Å². The van der Waals surface area contributed by atoms with Crippen molar-refractivity contribution in [1.29, 1.82) is 0 Å². The Morgan fingerprint density at radius 1 is 1.50 bits per heavy atom. The molecule has 1 N–H and O–H groups in total. The fourth-order valence-electron chi connectivity index (χ4n) is 2.32. The normalized spacial score (nSPS) is 17.6. The highest BCUT2D eigenvalue weighted by Crippen LogP contribution is 2.33. The van der Waals surface area contributed by atoms with E-state index >= 15 is 0 Å². The number of fused-ring (bicyclic) bond motifs is 1. The second-order valence-corrected chi connectivity index (χ2v) is 4.43. The van der Waals surface area contributed by atoms with Crippen LogP contribution in [0.15, 0.2) is 0 Å². The van der Waals surface area contributed by atoms with Crippen molar-refractivity contribution in [2.75, 3.05) is 20.3 Å². The van der Waals surface area contributed by atoms with Crippen molar-refractivity contribution in [3.8, 4) is 0 Å². The Kier molecular flexibility index (Phi) is 3.63. The Morgan fingerprint density at radius 3 is 2.83 bits per heavy atom. The number of imidazole rings is 1. The van der Waals surface area contributed by atoms with E-state index in [0.29, 0.717) is 30.9 Å². The van der Waals surface area contributed by atoms with Crippen LogP contribution in [0, 0.1) is 0 Å². The topological polar surface area (TPSA) is 39.1 Å². The molecule has 0 aromatic carbocycles. The number of halogens is 3. The first-order chi connectivity index (χ1) is 8.45. The number of nitrogens with zero attached hydrogens (tertiary/aromatic N) is 2. The van der Waals surface area contributed by atoms with Gasteiger partial charge in [-0.05, 0) is 6.92 Å². The zero-order valence-electron chi connectivity index (χ0n) is 10.3. The van der Waals surface area contributed by atoms with Crippen molar-refractivity contribution in [1.82, 2.24) is 14.9 Å². The minimum atomic E-state index is -4.43. The summed E-state index contributed by atoms with van der Waals surface area (Å²) in [7, 11) is 1.48. The summed E-state index contributed by atoms with van der Waals surface area (Å²) >= 11 is 0. The molecular weight excluding hydrogens is 247 g/mol. The molecule has 1 aromatic heterocycles. The van der Waals surface area contributed by atoms with Gasteiger partial charge in [0.25, 0.3) is 0 Å². The Bertz CT molecular complexity index is 428. The van der Waals surface area contributed by atoms with Gasteiger partial charge in [-0.2, -0.15) is 13.2 Å². The van der Waals surface area contributed by atoms with Crippen LogP contribution in [0.4, 0.5) is 13.2 Å². The molecule has 2 rings (SSSR count). The van der Waals surface area contributed by atoms with E-state index in [1.165, 1.54) is 11.7 Å². The van der Waals surface area contributed by atoms with Gasteiger partial charge < -0.3 is 14.6 Å². The molecule has 0 radical (unpaired) electrons. The largest absolute Gasteiger partial charge is 0.449 e. The number of hydrogen-bond donors (Lipinski definition) is 1. The SMILES string of the molecule is COCC(C)n1c(C(F)(F)F)nc2c1CCNC2. The fraction of sp³-hybridized carbons (Fsp3) is 0.727. The standard InChI is InChI=1S/C11H16F3N3O/c1-7(6-18-2)17-9-3-4-15-5-8(9)16-10(17)11(12,13)14/h7,15H,3-6H2,1-2H3. The Balaban J connectivity index is 2.48. The van der Waals surface area contributed by atoms with E-state index in [1.807, 2.05) is 0 Å². The predicted octanol–water partition coefficient (Wildman–Crippen LogP) is 1.75. The summed E-state index contributed by atoms with van der Waals surface area (Å²) in [5.74, 6) is -0.819. The molecule has 0 saturated heterocycles. The number of nitrogens with one attached hydrogen (secondary N) is 1. The van der Waals surface area contributed by atoms with E-state index in [4.69, 9.17) is 4.74 Å². The lowest BCUT2D eigenvalue weighted by atomic mass is 10.1. The molecule has 1 aromatic rings. The quantitative estimate of drug-likeness (QED) is 0.903. The third-order valence-corrected chi connectivity index (χ3v) is 3.03. The number of rotatable bonds is 3. The van der Waals surface area contributed by atoms with Gasteiger partial charge in [-0.15, -0.1) is 0 Å². The first-order valence-electron chi connectivity index (χ1n) is 5.82. The minimum absolute atomic E-state index is 0.235. The minimum Gasteiger partial charge on any atom is -0.383 e. The monoisotopic (exact) mass is 263 g/mol. The van der Waals surface area contributed by atoms with Gasteiger partial charge in [-0.25, -0.2) is 4.98 Å². The maximum Gasteiger partial charge on any atom is 0.449 e. The number of methoxy groups -OCH3 is 1. The molecule has 0 fully saturated rings. The first-order valence-corrected chi connectivity index (χ1v) is 5.82. The van der Waals surface area contributed by atoms with Crippen molar-refractivity contribution in [3.63, 3.8) is 0 Å². The van der Waals surface area contributed by atoms with Crippen LogP contribution in [0.2, 0.25) is 0 Å². The van der Waals surface area contributed by atoms with Crippen LogP contribution in [0.5, 0.6) is 0 Å². The zero-order valence-corrected chi connectivity index (χ0v) is 10.3. The molecule has 1 atom stereocenters. The smallest absolute Gasteiger partial charge is 0.383 e. The number of hydrogen-bond acceptors (Lipinski definition) is 3. The maximum absolute atomic E-state index is 13.0. The Hall–Kier alpha value is -1.08. The van der Waals surface area contributed by atoms with Crippen LogP contribution >= 0.6 is 0 Å². The van der Waals surface area contributed by atoms with Gasteiger partial charge in [0.15, 0.2) is 0 Å². The van der Waals surface area contributed by atoms with Gasteiger partial charge in [-0.1, -0.05) is 0 Å². The molecule has 1 aliphatic heterocycles. The molecule has 1 unspecified atom stereocenters. The summed E-state index contributed by atoms with van der Waals surface area (Å²) in [6.07, 6.45) is -3.87. The van der Waals surface area contributed by atoms with Crippen molar-refractivity contribution in [2.24, 2.45) is 0 Å². The van der Waals surface area contributed by atoms with Crippen molar-refractivity contribution < 1.29 is 17.9 Å². The molecular formula is C11H16F3N3O. The first kappa shape index (κ1) is 13.4. The van der Waals surface area contributed by atoms with Crippen LogP contribution in [-0.2, 0) is 23.9 Å². The lowest BCUT2D eigenvalue weighted by molar-refractivity contribution is -0.148. The highest BCUT2D eigenvalue weighted by molar-refractivity contribution is 5.22. The number of ether oxygens (including phenoxy) is 1.